The Morgan fingerprint density at radius 3 is 2.96 bits per heavy atom. The zero-order valence-corrected chi connectivity index (χ0v) is 16.5. The third-order valence-electron chi connectivity index (χ3n) is 4.82. The van der Waals surface area contributed by atoms with Crippen LogP contribution in [0.1, 0.15) is 16.8 Å². The third-order valence-corrected chi connectivity index (χ3v) is 4.82. The van der Waals surface area contributed by atoms with Gasteiger partial charge in [-0.25, -0.2) is 4.98 Å². The van der Waals surface area contributed by atoms with Crippen LogP contribution in [0.2, 0.25) is 0 Å². The summed E-state index contributed by atoms with van der Waals surface area (Å²) in [6.45, 7) is 3.86. The van der Waals surface area contributed by atoms with Crippen molar-refractivity contribution in [1.82, 2.24) is 19.6 Å². The number of aryl methyl sites for hydroxylation is 1. The highest BCUT2D eigenvalue weighted by Crippen LogP contribution is 2.32. The number of aliphatic imine (C=N–C) groups is 1. The first-order valence-corrected chi connectivity index (χ1v) is 9.37. The molecule has 0 unspecified atom stereocenters. The third kappa shape index (κ3) is 3.74. The van der Waals surface area contributed by atoms with Crippen molar-refractivity contribution in [3.63, 3.8) is 0 Å². The summed E-state index contributed by atoms with van der Waals surface area (Å²) < 4.78 is 12.9. The van der Waals surface area contributed by atoms with Crippen molar-refractivity contribution in [3.8, 4) is 11.5 Å². The van der Waals surface area contributed by atoms with Crippen LogP contribution in [0.25, 0.3) is 5.65 Å². The Morgan fingerprint density at radius 1 is 1.29 bits per heavy atom. The molecule has 0 saturated carbocycles. The van der Waals surface area contributed by atoms with Crippen molar-refractivity contribution >= 4 is 11.6 Å². The predicted molar refractivity (Wildman–Crippen MR) is 109 cm³/mol. The number of ether oxygens (including phenoxy) is 2. The van der Waals surface area contributed by atoms with Crippen LogP contribution in [0.4, 0.5) is 0 Å². The zero-order chi connectivity index (χ0) is 19.5. The minimum absolute atomic E-state index is 0.292. The lowest BCUT2D eigenvalue weighted by atomic mass is 10.2. The lowest BCUT2D eigenvalue weighted by Gasteiger charge is -2.22. The first kappa shape index (κ1) is 18.2. The Bertz CT molecular complexity index is 1010. The van der Waals surface area contributed by atoms with Crippen LogP contribution in [0.5, 0.6) is 11.5 Å². The summed E-state index contributed by atoms with van der Waals surface area (Å²) in [5.74, 6) is 2.45. The molecule has 1 aliphatic rings. The van der Waals surface area contributed by atoms with Crippen LogP contribution in [0.3, 0.4) is 0 Å². The lowest BCUT2D eigenvalue weighted by molar-refractivity contribution is 0.174. The molecule has 0 bridgehead atoms. The number of nitrogens with one attached hydrogen (secondary N) is 1. The molecule has 7 heteroatoms. The van der Waals surface area contributed by atoms with Crippen molar-refractivity contribution < 1.29 is 9.47 Å². The molecule has 4 rings (SSSR count). The number of rotatable bonds is 5. The van der Waals surface area contributed by atoms with Gasteiger partial charge in [0.1, 0.15) is 5.65 Å². The van der Waals surface area contributed by atoms with Crippen molar-refractivity contribution in [3.05, 3.63) is 59.5 Å². The Morgan fingerprint density at radius 2 is 2.14 bits per heavy atom. The van der Waals surface area contributed by atoms with Gasteiger partial charge in [-0.2, -0.15) is 0 Å². The van der Waals surface area contributed by atoms with Crippen molar-refractivity contribution in [2.24, 2.45) is 4.99 Å². The second kappa shape index (κ2) is 7.80. The average Bonchev–Trinajstić information content (AvgIpc) is 3.32. The minimum atomic E-state index is 0.292. The fourth-order valence-corrected chi connectivity index (χ4v) is 3.40. The molecule has 1 aliphatic heterocycles. The number of fused-ring (bicyclic) bond motifs is 2. The largest absolute Gasteiger partial charge is 0.454 e. The van der Waals surface area contributed by atoms with E-state index in [-0.39, 0.29) is 0 Å². The molecular formula is C21H25N5O2. The molecular weight excluding hydrogens is 354 g/mol. The number of benzene rings is 1. The van der Waals surface area contributed by atoms with Crippen molar-refractivity contribution in [2.75, 3.05) is 27.4 Å². The van der Waals surface area contributed by atoms with Gasteiger partial charge in [-0.15, -0.1) is 0 Å². The highest BCUT2D eigenvalue weighted by Gasteiger charge is 2.14. The number of hydrogen-bond donors (Lipinski definition) is 1. The molecule has 146 valence electrons. The standard InChI is InChI=1S/C21H25N5O2/c1-15-5-4-10-26-13-17(24-20(15)26)8-9-23-21(22-2)25(3)12-16-6-7-18-19(11-16)28-14-27-18/h4-7,10-11,13H,8-9,12,14H2,1-3H3,(H,22,23). The van der Waals surface area contributed by atoms with Crippen LogP contribution >= 0.6 is 0 Å². The summed E-state index contributed by atoms with van der Waals surface area (Å²) in [4.78, 5) is 11.2. The molecule has 7 nitrogen and oxygen atoms in total. The SMILES string of the molecule is CN=C(NCCc1cn2cccc(C)c2n1)N(C)Cc1ccc2c(c1)OCO2. The van der Waals surface area contributed by atoms with E-state index in [0.717, 1.165) is 53.9 Å². The maximum Gasteiger partial charge on any atom is 0.231 e. The predicted octanol–water partition coefficient (Wildman–Crippen LogP) is 2.62. The van der Waals surface area contributed by atoms with E-state index in [1.807, 2.05) is 31.4 Å². The van der Waals surface area contributed by atoms with Gasteiger partial charge in [0.25, 0.3) is 0 Å². The van der Waals surface area contributed by atoms with E-state index in [2.05, 4.69) is 44.9 Å². The monoisotopic (exact) mass is 379 g/mol. The van der Waals surface area contributed by atoms with E-state index in [0.29, 0.717) is 6.79 Å². The normalized spacial score (nSPS) is 13.2. The van der Waals surface area contributed by atoms with Gasteiger partial charge < -0.3 is 24.1 Å². The van der Waals surface area contributed by atoms with Crippen molar-refractivity contribution in [1.29, 1.82) is 0 Å². The van der Waals surface area contributed by atoms with E-state index in [4.69, 9.17) is 14.5 Å². The molecule has 0 amide bonds. The molecule has 28 heavy (non-hydrogen) atoms. The topological polar surface area (TPSA) is 63.4 Å². The van der Waals surface area contributed by atoms with Gasteiger partial charge >= 0.3 is 0 Å². The molecule has 0 saturated heterocycles. The second-order valence-electron chi connectivity index (χ2n) is 6.92. The van der Waals surface area contributed by atoms with E-state index < -0.39 is 0 Å². The van der Waals surface area contributed by atoms with Crippen LogP contribution in [0, 0.1) is 6.92 Å². The van der Waals surface area contributed by atoms with Gasteiger partial charge in [0.05, 0.1) is 5.69 Å². The maximum absolute atomic E-state index is 5.46. The summed E-state index contributed by atoms with van der Waals surface area (Å²) in [5.41, 5.74) is 4.41. The van der Waals surface area contributed by atoms with E-state index in [9.17, 15) is 0 Å². The van der Waals surface area contributed by atoms with Crippen molar-refractivity contribution in [2.45, 2.75) is 19.9 Å². The van der Waals surface area contributed by atoms with E-state index in [1.54, 1.807) is 7.05 Å². The number of aromatic nitrogens is 2. The molecule has 0 spiro atoms. The summed E-state index contributed by atoms with van der Waals surface area (Å²) in [6, 6.07) is 10.1. The number of hydrogen-bond acceptors (Lipinski definition) is 4. The van der Waals surface area contributed by atoms with Crippen LogP contribution in [-0.4, -0.2) is 47.7 Å². The Balaban J connectivity index is 1.34. The van der Waals surface area contributed by atoms with Gasteiger partial charge in [-0.3, -0.25) is 4.99 Å². The molecule has 3 heterocycles. The smallest absolute Gasteiger partial charge is 0.231 e. The Hall–Kier alpha value is -3.22. The van der Waals surface area contributed by atoms with Gasteiger partial charge in [-0.05, 0) is 36.2 Å². The van der Waals surface area contributed by atoms with Gasteiger partial charge in [-0.1, -0.05) is 12.1 Å². The van der Waals surface area contributed by atoms with E-state index >= 15 is 0 Å². The van der Waals surface area contributed by atoms with Crippen LogP contribution in [0.15, 0.2) is 47.7 Å². The molecule has 0 radical (unpaired) electrons. The lowest BCUT2D eigenvalue weighted by Crippen LogP contribution is -2.39. The van der Waals surface area contributed by atoms with Gasteiger partial charge in [0, 0.05) is 46.0 Å². The molecule has 3 aromatic rings. The number of imidazole rings is 1. The fourth-order valence-electron chi connectivity index (χ4n) is 3.40. The summed E-state index contributed by atoms with van der Waals surface area (Å²) in [6.07, 6.45) is 4.95. The summed E-state index contributed by atoms with van der Waals surface area (Å²) in [7, 11) is 3.82. The zero-order valence-electron chi connectivity index (χ0n) is 16.5. The molecule has 0 atom stereocenters. The fraction of sp³-hybridized carbons (Fsp3) is 0.333. The highest BCUT2D eigenvalue weighted by molar-refractivity contribution is 5.79. The quantitative estimate of drug-likeness (QED) is 0.545. The molecule has 0 aliphatic carbocycles. The number of pyridine rings is 1. The molecule has 1 N–H and O–H groups in total. The second-order valence-corrected chi connectivity index (χ2v) is 6.92. The minimum Gasteiger partial charge on any atom is -0.454 e. The summed E-state index contributed by atoms with van der Waals surface area (Å²) >= 11 is 0. The van der Waals surface area contributed by atoms with Gasteiger partial charge in [0.15, 0.2) is 17.5 Å². The molecule has 1 aromatic carbocycles. The van der Waals surface area contributed by atoms with Crippen LogP contribution < -0.4 is 14.8 Å². The highest BCUT2D eigenvalue weighted by atomic mass is 16.7. The van der Waals surface area contributed by atoms with Gasteiger partial charge in [0.2, 0.25) is 6.79 Å². The van der Waals surface area contributed by atoms with Crippen LogP contribution in [-0.2, 0) is 13.0 Å². The summed E-state index contributed by atoms with van der Waals surface area (Å²) in [5, 5.41) is 3.42. The molecule has 0 fully saturated rings. The molecule has 2 aromatic heterocycles. The average molecular weight is 379 g/mol. The Kier molecular flexibility index (Phi) is 5.06. The first-order valence-electron chi connectivity index (χ1n) is 9.37. The maximum atomic E-state index is 5.46. The van der Waals surface area contributed by atoms with E-state index in [1.165, 1.54) is 5.56 Å². The number of nitrogens with zero attached hydrogens (tertiary/aromatic N) is 4. The Labute approximate surface area is 164 Å². The number of guanidine groups is 1. The first-order chi connectivity index (χ1) is 13.6.